The van der Waals surface area contributed by atoms with Crippen molar-refractivity contribution in [1.82, 2.24) is 4.31 Å². The Balaban J connectivity index is 3.04. The van der Waals surface area contributed by atoms with E-state index in [4.69, 9.17) is 10.8 Å². The summed E-state index contributed by atoms with van der Waals surface area (Å²) in [6.07, 6.45) is -4.13. The summed E-state index contributed by atoms with van der Waals surface area (Å²) in [4.78, 5) is -0.249. The highest BCUT2D eigenvalue weighted by Crippen LogP contribution is 2.22. The highest BCUT2D eigenvalue weighted by atomic mass is 32.2. The van der Waals surface area contributed by atoms with Crippen LogP contribution >= 0.6 is 0 Å². The van der Waals surface area contributed by atoms with E-state index in [1.165, 1.54) is 24.3 Å². The fourth-order valence-electron chi connectivity index (χ4n) is 1.74. The molecule has 21 heavy (non-hydrogen) atoms. The minimum atomic E-state index is -4.68. The minimum absolute atomic E-state index is 0.213. The van der Waals surface area contributed by atoms with E-state index in [0.29, 0.717) is 13.0 Å². The van der Waals surface area contributed by atoms with Crippen molar-refractivity contribution in [3.8, 4) is 0 Å². The lowest BCUT2D eigenvalue weighted by Crippen LogP contribution is -2.40. The molecule has 0 saturated heterocycles. The number of hydrogen-bond donors (Lipinski definition) is 2. The Kier molecular flexibility index (Phi) is 6.14. The smallest absolute Gasteiger partial charge is 0.395 e. The van der Waals surface area contributed by atoms with Crippen LogP contribution in [0.2, 0.25) is 0 Å². The van der Waals surface area contributed by atoms with E-state index in [2.05, 4.69) is 0 Å². The van der Waals surface area contributed by atoms with Crippen molar-refractivity contribution in [3.05, 3.63) is 29.8 Å². The lowest BCUT2D eigenvalue weighted by Gasteiger charge is -2.22. The predicted octanol–water partition coefficient (Wildman–Crippen LogP) is 0.733. The normalized spacial score (nSPS) is 12.9. The van der Waals surface area contributed by atoms with E-state index in [-0.39, 0.29) is 9.20 Å². The fraction of sp³-hybridized carbons (Fsp3) is 0.500. The molecule has 0 unspecified atom stereocenters. The summed E-state index contributed by atoms with van der Waals surface area (Å²) in [5.74, 6) is 0. The van der Waals surface area contributed by atoms with Crippen LogP contribution in [0.5, 0.6) is 0 Å². The van der Waals surface area contributed by atoms with E-state index < -0.39 is 35.9 Å². The van der Waals surface area contributed by atoms with Crippen LogP contribution in [0, 0.1) is 0 Å². The summed E-state index contributed by atoms with van der Waals surface area (Å²) in [7, 11) is -4.31. The van der Waals surface area contributed by atoms with Crippen LogP contribution in [0.4, 0.5) is 13.2 Å². The molecule has 1 rings (SSSR count). The van der Waals surface area contributed by atoms with Crippen LogP contribution in [0.25, 0.3) is 0 Å². The molecular formula is C12H17F3N2O3S. The van der Waals surface area contributed by atoms with Gasteiger partial charge in [0, 0.05) is 6.54 Å². The van der Waals surface area contributed by atoms with Gasteiger partial charge < -0.3 is 10.8 Å². The molecule has 0 aromatic heterocycles. The number of aliphatic hydroxyl groups excluding tert-OH is 1. The molecular weight excluding hydrogens is 309 g/mol. The molecule has 9 heteroatoms. The molecule has 0 aliphatic heterocycles. The average Bonchev–Trinajstić information content (AvgIpc) is 2.38. The van der Waals surface area contributed by atoms with Crippen LogP contribution in [-0.2, 0) is 16.4 Å². The van der Waals surface area contributed by atoms with Crippen molar-refractivity contribution in [1.29, 1.82) is 0 Å². The molecule has 0 bridgehead atoms. The van der Waals surface area contributed by atoms with E-state index in [0.717, 1.165) is 5.56 Å². The monoisotopic (exact) mass is 326 g/mol. The van der Waals surface area contributed by atoms with Crippen molar-refractivity contribution in [3.63, 3.8) is 0 Å². The molecule has 0 radical (unpaired) electrons. The number of rotatable bonds is 7. The van der Waals surface area contributed by atoms with Crippen LogP contribution in [0.15, 0.2) is 29.2 Å². The summed E-state index contributed by atoms with van der Waals surface area (Å²) < 4.78 is 61.8. The topological polar surface area (TPSA) is 83.6 Å². The molecule has 5 nitrogen and oxygen atoms in total. The van der Waals surface area contributed by atoms with Gasteiger partial charge in [0.1, 0.15) is 6.54 Å². The molecule has 0 amide bonds. The zero-order valence-corrected chi connectivity index (χ0v) is 12.0. The quantitative estimate of drug-likeness (QED) is 0.774. The van der Waals surface area contributed by atoms with Gasteiger partial charge in [0.15, 0.2) is 0 Å². The zero-order valence-electron chi connectivity index (χ0n) is 11.2. The van der Waals surface area contributed by atoms with E-state index >= 15 is 0 Å². The van der Waals surface area contributed by atoms with E-state index in [1.807, 2.05) is 0 Å². The van der Waals surface area contributed by atoms with Crippen molar-refractivity contribution in [2.75, 3.05) is 26.2 Å². The highest BCUT2D eigenvalue weighted by Gasteiger charge is 2.36. The van der Waals surface area contributed by atoms with Gasteiger partial charge in [-0.3, -0.25) is 0 Å². The van der Waals surface area contributed by atoms with Crippen molar-refractivity contribution in [2.45, 2.75) is 17.5 Å². The number of hydrogen-bond acceptors (Lipinski definition) is 4. The Morgan fingerprint density at radius 2 is 1.76 bits per heavy atom. The number of alkyl halides is 3. The number of aliphatic hydroxyl groups is 1. The Morgan fingerprint density at radius 1 is 1.19 bits per heavy atom. The van der Waals surface area contributed by atoms with Gasteiger partial charge in [0.05, 0.1) is 11.5 Å². The molecule has 3 N–H and O–H groups in total. The van der Waals surface area contributed by atoms with Gasteiger partial charge in [0.25, 0.3) is 0 Å². The van der Waals surface area contributed by atoms with E-state index in [1.54, 1.807) is 0 Å². The van der Waals surface area contributed by atoms with Crippen LogP contribution in [0.1, 0.15) is 5.56 Å². The standard InChI is InChI=1S/C12H17F3N2O3S/c13-12(14,15)9-17(7-8-18)21(19,20)11-3-1-10(2-4-11)5-6-16/h1-4,18H,5-9,16H2. The Labute approximate surface area is 121 Å². The third kappa shape index (κ3) is 5.27. The average molecular weight is 326 g/mol. The summed E-state index contributed by atoms with van der Waals surface area (Å²) in [5, 5.41) is 8.77. The largest absolute Gasteiger partial charge is 0.402 e. The number of nitrogens with zero attached hydrogens (tertiary/aromatic N) is 1. The van der Waals surface area contributed by atoms with Gasteiger partial charge >= 0.3 is 6.18 Å². The third-order valence-electron chi connectivity index (χ3n) is 2.70. The molecule has 1 aromatic carbocycles. The molecule has 0 fully saturated rings. The van der Waals surface area contributed by atoms with Crippen LogP contribution in [-0.4, -0.2) is 50.2 Å². The van der Waals surface area contributed by atoms with Gasteiger partial charge in [-0.15, -0.1) is 0 Å². The van der Waals surface area contributed by atoms with Crippen LogP contribution < -0.4 is 5.73 Å². The lowest BCUT2D eigenvalue weighted by molar-refractivity contribution is -0.136. The first-order valence-electron chi connectivity index (χ1n) is 6.17. The Hall–Kier alpha value is -1.16. The second kappa shape index (κ2) is 7.21. The van der Waals surface area contributed by atoms with E-state index in [9.17, 15) is 21.6 Å². The van der Waals surface area contributed by atoms with Gasteiger partial charge in [-0.2, -0.15) is 17.5 Å². The van der Waals surface area contributed by atoms with Gasteiger partial charge in [-0.25, -0.2) is 8.42 Å². The lowest BCUT2D eigenvalue weighted by atomic mass is 10.2. The van der Waals surface area contributed by atoms with Crippen molar-refractivity contribution < 1.29 is 26.7 Å². The number of sulfonamides is 1. The summed E-state index contributed by atoms with van der Waals surface area (Å²) in [6.45, 7) is -2.57. The number of halogens is 3. The second-order valence-corrected chi connectivity index (χ2v) is 6.30. The molecule has 0 spiro atoms. The first-order chi connectivity index (χ1) is 9.70. The number of benzene rings is 1. The Bertz CT molecular complexity index is 544. The molecule has 1 aromatic rings. The maximum absolute atomic E-state index is 12.4. The molecule has 0 aliphatic carbocycles. The summed E-state index contributed by atoms with van der Waals surface area (Å²) in [5.41, 5.74) is 6.15. The van der Waals surface area contributed by atoms with Crippen molar-refractivity contribution >= 4 is 10.0 Å². The molecule has 0 aliphatic rings. The van der Waals surface area contributed by atoms with Crippen molar-refractivity contribution in [2.24, 2.45) is 5.73 Å². The first-order valence-corrected chi connectivity index (χ1v) is 7.61. The third-order valence-corrected chi connectivity index (χ3v) is 4.56. The predicted molar refractivity (Wildman–Crippen MR) is 71.1 cm³/mol. The highest BCUT2D eigenvalue weighted by molar-refractivity contribution is 7.89. The SMILES string of the molecule is NCCc1ccc(S(=O)(=O)N(CCO)CC(F)(F)F)cc1. The number of nitrogens with two attached hydrogens (primary N) is 1. The second-order valence-electron chi connectivity index (χ2n) is 4.36. The van der Waals surface area contributed by atoms with Crippen LogP contribution in [0.3, 0.4) is 0 Å². The summed E-state index contributed by atoms with van der Waals surface area (Å²) in [6, 6.07) is 5.48. The van der Waals surface area contributed by atoms with Gasteiger partial charge in [0.2, 0.25) is 10.0 Å². The maximum atomic E-state index is 12.4. The Morgan fingerprint density at radius 3 is 2.19 bits per heavy atom. The zero-order chi connectivity index (χ0) is 16.1. The van der Waals surface area contributed by atoms with Gasteiger partial charge in [-0.05, 0) is 30.7 Å². The maximum Gasteiger partial charge on any atom is 0.402 e. The molecule has 0 atom stereocenters. The molecule has 0 heterocycles. The first kappa shape index (κ1) is 17.9. The summed E-state index contributed by atoms with van der Waals surface area (Å²) >= 11 is 0. The molecule has 120 valence electrons. The minimum Gasteiger partial charge on any atom is -0.395 e. The van der Waals surface area contributed by atoms with Gasteiger partial charge in [-0.1, -0.05) is 12.1 Å². The fourth-order valence-corrected chi connectivity index (χ4v) is 3.16. The molecule has 0 saturated carbocycles.